The second-order valence-corrected chi connectivity index (χ2v) is 3.38. The molecule has 8 heteroatoms. The van der Waals surface area contributed by atoms with Crippen LogP contribution in [0.1, 0.15) is 0 Å². The van der Waals surface area contributed by atoms with Gasteiger partial charge >= 0.3 is 10.4 Å². The Balaban J connectivity index is 0. The molecule has 0 heterocycles. The lowest BCUT2D eigenvalue weighted by Crippen LogP contribution is -2.29. The maximum Gasteiger partial charge on any atom is 0.394 e. The molecule has 15 heavy (non-hydrogen) atoms. The Bertz CT molecular complexity index is 226. The molecular weight excluding hydrogens is 226 g/mol. The highest BCUT2D eigenvalue weighted by Crippen LogP contribution is 1.85. The molecule has 0 saturated carbocycles. The summed E-state index contributed by atoms with van der Waals surface area (Å²) in [5.41, 5.74) is 0. The SMILES string of the molecule is C=CCN(CCO)CCO.O=S(=O)(O)O. The van der Waals surface area contributed by atoms with Gasteiger partial charge in [-0.1, -0.05) is 6.08 Å². The molecule has 0 unspecified atom stereocenters. The zero-order valence-electron chi connectivity index (χ0n) is 8.28. The van der Waals surface area contributed by atoms with Gasteiger partial charge in [0.2, 0.25) is 0 Å². The fraction of sp³-hybridized carbons (Fsp3) is 0.714. The highest BCUT2D eigenvalue weighted by atomic mass is 32.3. The van der Waals surface area contributed by atoms with Crippen LogP contribution in [-0.2, 0) is 10.4 Å². The fourth-order valence-electron chi connectivity index (χ4n) is 0.760. The fourth-order valence-corrected chi connectivity index (χ4v) is 0.760. The Kier molecular flexibility index (Phi) is 11.3. The number of rotatable bonds is 6. The van der Waals surface area contributed by atoms with Crippen molar-refractivity contribution in [2.24, 2.45) is 0 Å². The van der Waals surface area contributed by atoms with Crippen molar-refractivity contribution in [2.45, 2.75) is 0 Å². The van der Waals surface area contributed by atoms with Crippen molar-refractivity contribution in [2.75, 3.05) is 32.8 Å². The molecule has 0 aliphatic carbocycles. The highest BCUT2D eigenvalue weighted by molar-refractivity contribution is 7.79. The first-order chi connectivity index (χ1) is 6.85. The van der Waals surface area contributed by atoms with E-state index in [9.17, 15) is 0 Å². The molecule has 0 aliphatic heterocycles. The van der Waals surface area contributed by atoms with Crippen LogP contribution in [0.15, 0.2) is 12.7 Å². The van der Waals surface area contributed by atoms with E-state index in [1.54, 1.807) is 6.08 Å². The monoisotopic (exact) mass is 243 g/mol. The van der Waals surface area contributed by atoms with E-state index in [0.717, 1.165) is 6.54 Å². The van der Waals surface area contributed by atoms with E-state index in [1.165, 1.54) is 0 Å². The summed E-state index contributed by atoms with van der Waals surface area (Å²) < 4.78 is 31.6. The molecule has 4 N–H and O–H groups in total. The normalized spacial score (nSPS) is 10.7. The molecule has 0 rings (SSSR count). The molecule has 0 bridgehead atoms. The standard InChI is InChI=1S/C7H15NO2.H2O4S/c1-2-3-8(4-6-9)5-7-10;1-5(2,3)4/h2,9-10H,1,3-7H2;(H2,1,2,3,4). The average molecular weight is 243 g/mol. The lowest BCUT2D eigenvalue weighted by atomic mass is 10.4. The van der Waals surface area contributed by atoms with E-state index in [1.807, 2.05) is 4.90 Å². The first-order valence-corrected chi connectivity index (χ1v) is 5.49. The number of aliphatic hydroxyl groups excluding tert-OH is 2. The van der Waals surface area contributed by atoms with Gasteiger partial charge in [-0.3, -0.25) is 14.0 Å². The molecule has 0 saturated heterocycles. The van der Waals surface area contributed by atoms with E-state index in [-0.39, 0.29) is 13.2 Å². The smallest absolute Gasteiger partial charge is 0.394 e. The summed E-state index contributed by atoms with van der Waals surface area (Å²) in [6.45, 7) is 5.76. The summed E-state index contributed by atoms with van der Waals surface area (Å²) in [5.74, 6) is 0. The number of nitrogens with zero attached hydrogens (tertiary/aromatic N) is 1. The molecule has 0 aromatic rings. The Morgan fingerprint density at radius 1 is 1.13 bits per heavy atom. The molecule has 0 atom stereocenters. The van der Waals surface area contributed by atoms with Crippen molar-refractivity contribution in [3.8, 4) is 0 Å². The van der Waals surface area contributed by atoms with Gasteiger partial charge < -0.3 is 10.2 Å². The van der Waals surface area contributed by atoms with Gasteiger partial charge in [0.15, 0.2) is 0 Å². The zero-order chi connectivity index (χ0) is 12.3. The molecule has 0 radical (unpaired) electrons. The van der Waals surface area contributed by atoms with Crippen LogP contribution in [0.3, 0.4) is 0 Å². The molecule has 0 aromatic carbocycles. The quantitative estimate of drug-likeness (QED) is 0.342. The van der Waals surface area contributed by atoms with Gasteiger partial charge in [0.1, 0.15) is 0 Å². The number of aliphatic hydroxyl groups is 2. The maximum absolute atomic E-state index is 8.74. The van der Waals surface area contributed by atoms with E-state index in [4.69, 9.17) is 27.7 Å². The largest absolute Gasteiger partial charge is 0.395 e. The summed E-state index contributed by atoms with van der Waals surface area (Å²) in [4.78, 5) is 1.92. The predicted octanol–water partition coefficient (Wildman–Crippen LogP) is -1.19. The molecule has 7 nitrogen and oxygen atoms in total. The van der Waals surface area contributed by atoms with Gasteiger partial charge in [0, 0.05) is 19.6 Å². The Morgan fingerprint density at radius 2 is 1.47 bits per heavy atom. The van der Waals surface area contributed by atoms with Crippen LogP contribution in [0.5, 0.6) is 0 Å². The van der Waals surface area contributed by atoms with Crippen LogP contribution in [0.25, 0.3) is 0 Å². The molecule has 0 aliphatic rings. The molecular formula is C7H17NO6S. The van der Waals surface area contributed by atoms with Crippen molar-refractivity contribution in [3.63, 3.8) is 0 Å². The second kappa shape index (κ2) is 10.0. The van der Waals surface area contributed by atoms with Gasteiger partial charge in [-0.2, -0.15) is 8.42 Å². The first-order valence-electron chi connectivity index (χ1n) is 4.10. The summed E-state index contributed by atoms with van der Waals surface area (Å²) in [6, 6.07) is 0. The summed E-state index contributed by atoms with van der Waals surface area (Å²) in [7, 11) is -4.67. The first kappa shape index (κ1) is 16.9. The third-order valence-corrected chi connectivity index (χ3v) is 1.22. The van der Waals surface area contributed by atoms with Gasteiger partial charge in [0.05, 0.1) is 13.2 Å². The van der Waals surface area contributed by atoms with E-state index < -0.39 is 10.4 Å². The maximum atomic E-state index is 8.74. The van der Waals surface area contributed by atoms with Gasteiger partial charge in [-0.05, 0) is 0 Å². The lowest BCUT2D eigenvalue weighted by Gasteiger charge is -2.17. The van der Waals surface area contributed by atoms with Crippen LogP contribution in [-0.4, -0.2) is 65.5 Å². The summed E-state index contributed by atoms with van der Waals surface area (Å²) in [5, 5.41) is 17.1. The van der Waals surface area contributed by atoms with Crippen LogP contribution in [0.4, 0.5) is 0 Å². The summed E-state index contributed by atoms with van der Waals surface area (Å²) in [6.07, 6.45) is 1.76. The van der Waals surface area contributed by atoms with Crippen molar-refractivity contribution in [1.29, 1.82) is 0 Å². The van der Waals surface area contributed by atoms with Crippen molar-refractivity contribution in [3.05, 3.63) is 12.7 Å². The highest BCUT2D eigenvalue weighted by Gasteiger charge is 1.98. The van der Waals surface area contributed by atoms with Crippen molar-refractivity contribution >= 4 is 10.4 Å². The number of hydrogen-bond acceptors (Lipinski definition) is 5. The summed E-state index contributed by atoms with van der Waals surface area (Å²) >= 11 is 0. The molecule has 0 amide bonds. The minimum Gasteiger partial charge on any atom is -0.395 e. The molecule has 0 spiro atoms. The predicted molar refractivity (Wildman–Crippen MR) is 55.0 cm³/mol. The second-order valence-electron chi connectivity index (χ2n) is 2.48. The van der Waals surface area contributed by atoms with E-state index in [0.29, 0.717) is 13.1 Å². The minimum atomic E-state index is -4.67. The Morgan fingerprint density at radius 3 is 1.67 bits per heavy atom. The Hall–Kier alpha value is -0.510. The third-order valence-electron chi connectivity index (χ3n) is 1.22. The van der Waals surface area contributed by atoms with Crippen LogP contribution >= 0.6 is 0 Å². The van der Waals surface area contributed by atoms with Gasteiger partial charge in [-0.25, -0.2) is 0 Å². The molecule has 0 aromatic heterocycles. The average Bonchev–Trinajstić information content (AvgIpc) is 2.02. The molecule has 0 fully saturated rings. The molecule has 92 valence electrons. The van der Waals surface area contributed by atoms with Crippen molar-refractivity contribution < 1.29 is 27.7 Å². The number of hydrogen-bond donors (Lipinski definition) is 4. The van der Waals surface area contributed by atoms with Gasteiger partial charge in [-0.15, -0.1) is 6.58 Å². The van der Waals surface area contributed by atoms with Crippen LogP contribution in [0, 0.1) is 0 Å². The van der Waals surface area contributed by atoms with E-state index in [2.05, 4.69) is 6.58 Å². The van der Waals surface area contributed by atoms with E-state index >= 15 is 0 Å². The third kappa shape index (κ3) is 24.7. The lowest BCUT2D eigenvalue weighted by molar-refractivity contribution is 0.172. The minimum absolute atomic E-state index is 0.133. The van der Waals surface area contributed by atoms with Crippen LogP contribution < -0.4 is 0 Å². The topological polar surface area (TPSA) is 118 Å². The Labute approximate surface area is 89.2 Å². The van der Waals surface area contributed by atoms with Gasteiger partial charge in [0.25, 0.3) is 0 Å². The van der Waals surface area contributed by atoms with Crippen molar-refractivity contribution in [1.82, 2.24) is 4.90 Å². The zero-order valence-corrected chi connectivity index (χ0v) is 9.10. The van der Waals surface area contributed by atoms with Crippen LogP contribution in [0.2, 0.25) is 0 Å².